The number of thioether (sulfide) groups is 1. The summed E-state index contributed by atoms with van der Waals surface area (Å²) in [5.74, 6) is 0.637. The molecular weight excluding hydrogens is 236 g/mol. The number of hydrogen-bond donors (Lipinski definition) is 1. The van der Waals surface area contributed by atoms with Crippen molar-refractivity contribution >= 4 is 28.6 Å². The zero-order valence-electron chi connectivity index (χ0n) is 9.59. The molecule has 90 valence electrons. The lowest BCUT2D eigenvalue weighted by molar-refractivity contribution is -0.136. The summed E-state index contributed by atoms with van der Waals surface area (Å²) in [6, 6.07) is 8.07. The maximum atomic E-state index is 10.4. The molecule has 0 aliphatic rings. The van der Waals surface area contributed by atoms with Crippen molar-refractivity contribution in [1.82, 2.24) is 9.78 Å². The minimum absolute atomic E-state index is 0.204. The molecule has 0 amide bonds. The van der Waals surface area contributed by atoms with Crippen LogP contribution in [0, 0.1) is 0 Å². The van der Waals surface area contributed by atoms with E-state index in [4.69, 9.17) is 5.11 Å². The number of hydrogen-bond acceptors (Lipinski definition) is 3. The number of fused-ring (bicyclic) bond motifs is 1. The van der Waals surface area contributed by atoms with E-state index < -0.39 is 5.97 Å². The van der Waals surface area contributed by atoms with Gasteiger partial charge in [-0.2, -0.15) is 16.9 Å². The van der Waals surface area contributed by atoms with Gasteiger partial charge in [0.15, 0.2) is 0 Å². The lowest BCUT2D eigenvalue weighted by Crippen LogP contribution is -1.96. The van der Waals surface area contributed by atoms with Crippen molar-refractivity contribution in [3.8, 4) is 0 Å². The molecule has 17 heavy (non-hydrogen) atoms. The fourth-order valence-electron chi connectivity index (χ4n) is 1.72. The van der Waals surface area contributed by atoms with Gasteiger partial charge in [-0.3, -0.25) is 9.48 Å². The molecular formula is C12H14N2O2S. The minimum Gasteiger partial charge on any atom is -0.481 e. The minimum atomic E-state index is -0.747. The highest BCUT2D eigenvalue weighted by atomic mass is 32.2. The third kappa shape index (κ3) is 2.79. The second-order valence-electron chi connectivity index (χ2n) is 3.78. The molecule has 0 fully saturated rings. The highest BCUT2D eigenvalue weighted by Crippen LogP contribution is 2.21. The van der Waals surface area contributed by atoms with Crippen LogP contribution in [0.5, 0.6) is 0 Å². The molecule has 2 rings (SSSR count). The standard InChI is InChI=1S/C12H14N2O2S/c1-14-11-5-3-2-4-9(11)10(13-14)8-17-7-6-12(15)16/h2-5H,6-8H2,1H3,(H,15,16). The summed E-state index contributed by atoms with van der Waals surface area (Å²) in [5, 5.41) is 14.2. The van der Waals surface area contributed by atoms with Gasteiger partial charge in [0.05, 0.1) is 17.6 Å². The van der Waals surface area contributed by atoms with Crippen molar-refractivity contribution in [2.75, 3.05) is 5.75 Å². The Labute approximate surface area is 104 Å². The van der Waals surface area contributed by atoms with E-state index in [2.05, 4.69) is 11.2 Å². The molecule has 1 aromatic heterocycles. The van der Waals surface area contributed by atoms with Crippen LogP contribution < -0.4 is 0 Å². The molecule has 0 aliphatic carbocycles. The number of aliphatic carboxylic acids is 1. The maximum Gasteiger partial charge on any atom is 0.304 e. The van der Waals surface area contributed by atoms with Crippen LogP contribution >= 0.6 is 11.8 Å². The molecule has 1 N–H and O–H groups in total. The number of benzene rings is 1. The maximum absolute atomic E-state index is 10.4. The molecule has 0 saturated carbocycles. The zero-order valence-corrected chi connectivity index (χ0v) is 10.4. The van der Waals surface area contributed by atoms with Crippen LogP contribution in [0.4, 0.5) is 0 Å². The molecule has 2 aromatic rings. The number of aryl methyl sites for hydroxylation is 1. The average molecular weight is 250 g/mol. The van der Waals surface area contributed by atoms with Gasteiger partial charge in [-0.05, 0) is 6.07 Å². The molecule has 5 heteroatoms. The topological polar surface area (TPSA) is 55.1 Å². The van der Waals surface area contributed by atoms with E-state index in [-0.39, 0.29) is 6.42 Å². The van der Waals surface area contributed by atoms with E-state index in [1.165, 1.54) is 0 Å². The molecule has 0 bridgehead atoms. The zero-order chi connectivity index (χ0) is 12.3. The summed E-state index contributed by atoms with van der Waals surface area (Å²) < 4.78 is 1.86. The van der Waals surface area contributed by atoms with Crippen molar-refractivity contribution in [3.05, 3.63) is 30.0 Å². The first-order chi connectivity index (χ1) is 8.18. The molecule has 0 saturated heterocycles. The smallest absolute Gasteiger partial charge is 0.304 e. The summed E-state index contributed by atoms with van der Waals surface area (Å²) in [7, 11) is 1.92. The molecule has 0 unspecified atom stereocenters. The van der Waals surface area contributed by atoms with E-state index >= 15 is 0 Å². The first kappa shape index (κ1) is 12.0. The average Bonchev–Trinajstić information content (AvgIpc) is 2.63. The lowest BCUT2D eigenvalue weighted by atomic mass is 10.2. The van der Waals surface area contributed by atoms with E-state index in [0.717, 1.165) is 22.3 Å². The number of nitrogens with zero attached hydrogens (tertiary/aromatic N) is 2. The SMILES string of the molecule is Cn1nc(CSCCC(=O)O)c2ccccc21. The predicted molar refractivity (Wildman–Crippen MR) is 69.1 cm³/mol. The quantitative estimate of drug-likeness (QED) is 0.827. The number of carboxylic acid groups (broad SMARTS) is 1. The summed E-state index contributed by atoms with van der Waals surface area (Å²) in [6.07, 6.45) is 0.204. The van der Waals surface area contributed by atoms with Crippen molar-refractivity contribution in [2.24, 2.45) is 7.05 Å². The van der Waals surface area contributed by atoms with Crippen molar-refractivity contribution < 1.29 is 9.90 Å². The lowest BCUT2D eigenvalue weighted by Gasteiger charge is -1.97. The van der Waals surface area contributed by atoms with Crippen LogP contribution in [-0.2, 0) is 17.6 Å². The normalized spacial score (nSPS) is 10.9. The van der Waals surface area contributed by atoms with E-state index in [1.54, 1.807) is 11.8 Å². The van der Waals surface area contributed by atoms with E-state index in [9.17, 15) is 4.79 Å². The fraction of sp³-hybridized carbons (Fsp3) is 0.333. The van der Waals surface area contributed by atoms with Crippen molar-refractivity contribution in [3.63, 3.8) is 0 Å². The Balaban J connectivity index is 2.06. The Bertz CT molecular complexity index is 536. The molecule has 4 nitrogen and oxygen atoms in total. The molecule has 0 radical (unpaired) electrons. The Morgan fingerprint density at radius 3 is 3.00 bits per heavy atom. The molecule has 0 aliphatic heterocycles. The Morgan fingerprint density at radius 2 is 2.24 bits per heavy atom. The Hall–Kier alpha value is -1.49. The van der Waals surface area contributed by atoms with Crippen molar-refractivity contribution in [2.45, 2.75) is 12.2 Å². The van der Waals surface area contributed by atoms with Crippen LogP contribution in [-0.4, -0.2) is 26.6 Å². The van der Waals surface area contributed by atoms with Crippen LogP contribution in [0.1, 0.15) is 12.1 Å². The predicted octanol–water partition coefficient (Wildman–Crippen LogP) is 2.28. The number of rotatable bonds is 5. The second kappa shape index (κ2) is 5.23. The number of aromatic nitrogens is 2. The third-order valence-corrected chi connectivity index (χ3v) is 3.50. The molecule has 1 aromatic carbocycles. The highest BCUT2D eigenvalue weighted by molar-refractivity contribution is 7.98. The van der Waals surface area contributed by atoms with Gasteiger partial charge < -0.3 is 5.11 Å². The summed E-state index contributed by atoms with van der Waals surface area (Å²) >= 11 is 1.61. The Kier molecular flexibility index (Phi) is 3.68. The van der Waals surface area contributed by atoms with Crippen molar-refractivity contribution in [1.29, 1.82) is 0 Å². The summed E-state index contributed by atoms with van der Waals surface area (Å²) in [4.78, 5) is 10.4. The summed E-state index contributed by atoms with van der Waals surface area (Å²) in [6.45, 7) is 0. The van der Waals surface area contributed by atoms with Gasteiger partial charge in [0.25, 0.3) is 0 Å². The number of carboxylic acids is 1. The molecule has 0 atom stereocenters. The monoisotopic (exact) mass is 250 g/mol. The fourth-order valence-corrected chi connectivity index (χ4v) is 2.59. The largest absolute Gasteiger partial charge is 0.481 e. The van der Waals surface area contributed by atoms with E-state index in [1.807, 2.05) is 29.9 Å². The molecule has 0 spiro atoms. The molecule has 1 heterocycles. The van der Waals surface area contributed by atoms with Gasteiger partial charge in [0.1, 0.15) is 0 Å². The second-order valence-corrected chi connectivity index (χ2v) is 4.89. The first-order valence-corrected chi connectivity index (χ1v) is 6.54. The van der Waals surface area contributed by atoms with Gasteiger partial charge in [0.2, 0.25) is 0 Å². The highest BCUT2D eigenvalue weighted by Gasteiger charge is 2.07. The number of carbonyl (C=O) groups is 1. The Morgan fingerprint density at radius 1 is 1.47 bits per heavy atom. The van der Waals surface area contributed by atoms with Gasteiger partial charge >= 0.3 is 5.97 Å². The van der Waals surface area contributed by atoms with Crippen LogP contribution in [0.3, 0.4) is 0 Å². The first-order valence-electron chi connectivity index (χ1n) is 5.38. The van der Waals surface area contributed by atoms with Gasteiger partial charge in [0, 0.05) is 23.9 Å². The van der Waals surface area contributed by atoms with Gasteiger partial charge in [-0.15, -0.1) is 0 Å². The van der Waals surface area contributed by atoms with Crippen LogP contribution in [0.2, 0.25) is 0 Å². The van der Waals surface area contributed by atoms with Crippen LogP contribution in [0.25, 0.3) is 10.9 Å². The van der Waals surface area contributed by atoms with Gasteiger partial charge in [-0.1, -0.05) is 18.2 Å². The van der Waals surface area contributed by atoms with Gasteiger partial charge in [-0.25, -0.2) is 0 Å². The number of para-hydroxylation sites is 1. The van der Waals surface area contributed by atoms with Crippen LogP contribution in [0.15, 0.2) is 24.3 Å². The summed E-state index contributed by atoms with van der Waals surface area (Å²) in [5.41, 5.74) is 2.14. The third-order valence-electron chi connectivity index (χ3n) is 2.53. The van der Waals surface area contributed by atoms with E-state index in [0.29, 0.717) is 5.75 Å².